The van der Waals surface area contributed by atoms with E-state index >= 15 is 0 Å². The predicted octanol–water partition coefficient (Wildman–Crippen LogP) is 3.93. The smallest absolute Gasteiger partial charge is 0.309 e. The van der Waals surface area contributed by atoms with Gasteiger partial charge in [0.2, 0.25) is 0 Å². The van der Waals surface area contributed by atoms with Crippen LogP contribution in [0.5, 0.6) is 0 Å². The summed E-state index contributed by atoms with van der Waals surface area (Å²) in [5, 5.41) is 0. The molecular weight excluding hydrogens is 624 g/mol. The summed E-state index contributed by atoms with van der Waals surface area (Å²) in [6.07, 6.45) is 8.46. The average Bonchev–Trinajstić information content (AvgIpc) is 3.95. The summed E-state index contributed by atoms with van der Waals surface area (Å²) in [5.74, 6) is -0.903. The van der Waals surface area contributed by atoms with Gasteiger partial charge in [-0.05, 0) is 85.0 Å². The minimum absolute atomic E-state index is 0.117. The molecule has 12 heteroatoms. The summed E-state index contributed by atoms with van der Waals surface area (Å²) >= 11 is 0. The fourth-order valence-corrected chi connectivity index (χ4v) is 7.60. The van der Waals surface area contributed by atoms with Crippen molar-refractivity contribution in [2.75, 3.05) is 39.6 Å². The Morgan fingerprint density at radius 1 is 0.542 bits per heavy atom. The van der Waals surface area contributed by atoms with E-state index in [1.54, 1.807) is 0 Å². The second kappa shape index (κ2) is 16.0. The number of hydrogen-bond acceptors (Lipinski definition) is 12. The summed E-state index contributed by atoms with van der Waals surface area (Å²) in [5.41, 5.74) is -0.526. The van der Waals surface area contributed by atoms with E-state index in [1.165, 1.54) is 0 Å². The minimum Gasteiger partial charge on any atom is -0.460 e. The SMILES string of the molecule is CCC(COCC(C)OC(=O)C1CCC2OC2C1)(COCC(C)OC(=O)C1CCC2OC2C1)COCC(C)OC(=O)C1CCC2OC2C1. The Balaban J connectivity index is 0.949. The molecule has 3 saturated carbocycles. The molecule has 12 atom stereocenters. The molecule has 6 aliphatic rings. The molecule has 3 aliphatic carbocycles. The second-order valence-corrected chi connectivity index (χ2v) is 15.3. The highest BCUT2D eigenvalue weighted by atomic mass is 16.6. The molecule has 0 aromatic carbocycles. The molecule has 6 rings (SSSR count). The van der Waals surface area contributed by atoms with Crippen molar-refractivity contribution in [2.24, 2.45) is 23.2 Å². The fraction of sp³-hybridized carbons (Fsp3) is 0.917. The molecular formula is C36H56O12. The first kappa shape index (κ1) is 36.0. The highest BCUT2D eigenvalue weighted by Gasteiger charge is 2.48. The van der Waals surface area contributed by atoms with Gasteiger partial charge in [0.1, 0.15) is 18.3 Å². The third kappa shape index (κ3) is 9.90. The molecule has 0 amide bonds. The van der Waals surface area contributed by atoms with Crippen molar-refractivity contribution in [3.8, 4) is 0 Å². The van der Waals surface area contributed by atoms with Gasteiger partial charge in [-0.1, -0.05) is 6.92 Å². The quantitative estimate of drug-likeness (QED) is 0.111. The van der Waals surface area contributed by atoms with E-state index in [9.17, 15) is 14.4 Å². The number of carbonyl (C=O) groups is 3. The van der Waals surface area contributed by atoms with Crippen LogP contribution in [0.2, 0.25) is 0 Å². The number of esters is 3. The third-order valence-corrected chi connectivity index (χ3v) is 11.0. The molecule has 3 saturated heterocycles. The Hall–Kier alpha value is -1.83. The van der Waals surface area contributed by atoms with Gasteiger partial charge in [-0.2, -0.15) is 0 Å². The number of ether oxygens (including phenoxy) is 9. The first-order valence-electron chi connectivity index (χ1n) is 18.4. The normalized spacial score (nSPS) is 36.1. The van der Waals surface area contributed by atoms with Crippen LogP contribution >= 0.6 is 0 Å². The molecule has 12 unspecified atom stereocenters. The number of hydrogen-bond donors (Lipinski definition) is 0. The van der Waals surface area contributed by atoms with Crippen molar-refractivity contribution in [3.63, 3.8) is 0 Å². The number of rotatable bonds is 19. The van der Waals surface area contributed by atoms with Gasteiger partial charge in [0.15, 0.2) is 0 Å². The lowest BCUT2D eigenvalue weighted by Crippen LogP contribution is -2.40. The van der Waals surface area contributed by atoms with E-state index < -0.39 is 23.7 Å². The fourth-order valence-electron chi connectivity index (χ4n) is 7.60. The van der Waals surface area contributed by atoms with Crippen molar-refractivity contribution >= 4 is 17.9 Å². The van der Waals surface area contributed by atoms with E-state index in [4.69, 9.17) is 42.6 Å². The lowest BCUT2D eigenvalue weighted by Gasteiger charge is -2.33. The molecule has 0 aromatic heterocycles. The van der Waals surface area contributed by atoms with Crippen LogP contribution in [0.4, 0.5) is 0 Å². The van der Waals surface area contributed by atoms with Gasteiger partial charge in [0.25, 0.3) is 0 Å². The Morgan fingerprint density at radius 2 is 0.854 bits per heavy atom. The van der Waals surface area contributed by atoms with E-state index in [0.29, 0.717) is 44.6 Å². The van der Waals surface area contributed by atoms with E-state index in [2.05, 4.69) is 6.92 Å². The largest absolute Gasteiger partial charge is 0.460 e. The minimum atomic E-state index is -0.526. The van der Waals surface area contributed by atoms with Gasteiger partial charge >= 0.3 is 17.9 Å². The van der Waals surface area contributed by atoms with Gasteiger partial charge in [0.05, 0.1) is 94.0 Å². The number of epoxide rings is 3. The average molecular weight is 681 g/mol. The highest BCUT2D eigenvalue weighted by Crippen LogP contribution is 2.41. The maximum absolute atomic E-state index is 12.7. The predicted molar refractivity (Wildman–Crippen MR) is 170 cm³/mol. The maximum atomic E-state index is 12.7. The van der Waals surface area contributed by atoms with Gasteiger partial charge < -0.3 is 42.6 Å². The zero-order valence-corrected chi connectivity index (χ0v) is 29.1. The number of carbonyl (C=O) groups excluding carboxylic acids is 3. The topological polar surface area (TPSA) is 144 Å². The van der Waals surface area contributed by atoms with Crippen LogP contribution < -0.4 is 0 Å². The Morgan fingerprint density at radius 3 is 1.12 bits per heavy atom. The molecule has 0 bridgehead atoms. The zero-order valence-electron chi connectivity index (χ0n) is 29.1. The monoisotopic (exact) mass is 680 g/mol. The number of fused-ring (bicyclic) bond motifs is 3. The van der Waals surface area contributed by atoms with Gasteiger partial charge in [-0.25, -0.2) is 0 Å². The molecule has 272 valence electrons. The standard InChI is InChI=1S/C36H56O12/c1-5-36(18-40-15-21(2)43-33(37)24-6-9-27-30(12-24)46-27,19-41-16-22(3)44-34(38)25-7-10-28-31(13-25)47-28)20-42-17-23(4)45-35(39)26-8-11-29-32(14-26)48-29/h21-32H,5-20H2,1-4H3. The Bertz CT molecular complexity index is 983. The van der Waals surface area contributed by atoms with Crippen molar-refractivity contribution in [1.82, 2.24) is 0 Å². The van der Waals surface area contributed by atoms with Crippen LogP contribution in [0.15, 0.2) is 0 Å². The molecule has 12 nitrogen and oxygen atoms in total. The van der Waals surface area contributed by atoms with Crippen LogP contribution in [0, 0.1) is 23.2 Å². The van der Waals surface area contributed by atoms with Crippen LogP contribution in [-0.4, -0.2) is 112 Å². The van der Waals surface area contributed by atoms with E-state index in [-0.39, 0.29) is 73.8 Å². The lowest BCUT2D eigenvalue weighted by molar-refractivity contribution is -0.161. The van der Waals surface area contributed by atoms with Crippen LogP contribution in [0.3, 0.4) is 0 Å². The first-order chi connectivity index (χ1) is 23.1. The second-order valence-electron chi connectivity index (χ2n) is 15.3. The maximum Gasteiger partial charge on any atom is 0.309 e. The van der Waals surface area contributed by atoms with Crippen molar-refractivity contribution in [3.05, 3.63) is 0 Å². The highest BCUT2D eigenvalue weighted by molar-refractivity contribution is 5.73. The zero-order chi connectivity index (χ0) is 33.8. The van der Waals surface area contributed by atoms with Gasteiger partial charge in [-0.3, -0.25) is 14.4 Å². The van der Waals surface area contributed by atoms with Crippen LogP contribution in [-0.2, 0) is 57.0 Å². The summed E-state index contributed by atoms with van der Waals surface area (Å²) < 4.78 is 52.3. The van der Waals surface area contributed by atoms with Crippen LogP contribution in [0.25, 0.3) is 0 Å². The molecule has 6 fully saturated rings. The summed E-state index contributed by atoms with van der Waals surface area (Å²) in [6.45, 7) is 9.22. The van der Waals surface area contributed by atoms with Crippen molar-refractivity contribution < 1.29 is 57.0 Å². The third-order valence-electron chi connectivity index (χ3n) is 11.0. The molecule has 0 N–H and O–H groups in total. The molecule has 0 aromatic rings. The molecule has 0 spiro atoms. The summed E-state index contributed by atoms with van der Waals surface area (Å²) in [4.78, 5) is 38.2. The Kier molecular flexibility index (Phi) is 12.0. The Labute approximate surface area is 284 Å². The van der Waals surface area contributed by atoms with Crippen molar-refractivity contribution in [1.29, 1.82) is 0 Å². The van der Waals surface area contributed by atoms with Gasteiger partial charge in [0, 0.05) is 5.41 Å². The summed E-state index contributed by atoms with van der Waals surface area (Å²) in [7, 11) is 0. The van der Waals surface area contributed by atoms with E-state index in [1.807, 2.05) is 20.8 Å². The lowest BCUT2D eigenvalue weighted by atomic mass is 9.88. The van der Waals surface area contributed by atoms with Crippen LogP contribution in [0.1, 0.15) is 91.9 Å². The van der Waals surface area contributed by atoms with Crippen molar-refractivity contribution in [2.45, 2.75) is 147 Å². The van der Waals surface area contributed by atoms with E-state index in [0.717, 1.165) is 57.8 Å². The first-order valence-corrected chi connectivity index (χ1v) is 18.4. The summed E-state index contributed by atoms with van der Waals surface area (Å²) in [6, 6.07) is 0. The van der Waals surface area contributed by atoms with Gasteiger partial charge in [-0.15, -0.1) is 0 Å². The molecule has 0 radical (unpaired) electrons. The molecule has 3 aliphatic heterocycles. The molecule has 48 heavy (non-hydrogen) atoms. The molecule has 3 heterocycles.